The first kappa shape index (κ1) is 15.7. The first-order valence-electron chi connectivity index (χ1n) is 6.40. The number of amides is 2. The van der Waals surface area contributed by atoms with Crippen molar-refractivity contribution < 1.29 is 9.59 Å². The van der Waals surface area contributed by atoms with Crippen molar-refractivity contribution in [1.29, 1.82) is 0 Å². The van der Waals surface area contributed by atoms with Crippen LogP contribution in [0.15, 0.2) is 23.4 Å². The molecule has 1 aromatic heterocycles. The van der Waals surface area contributed by atoms with E-state index < -0.39 is 0 Å². The van der Waals surface area contributed by atoms with Gasteiger partial charge in [-0.05, 0) is 25.1 Å². The minimum atomic E-state index is -0.218. The van der Waals surface area contributed by atoms with Gasteiger partial charge in [0.05, 0.1) is 23.3 Å². The SMILES string of the molecule is CCNC(=O)CNC(=O)CSc1nc2ccc(Cl)cc2[nH]1. The minimum absolute atomic E-state index is 0.0109. The number of imidazole rings is 1. The number of aromatic amines is 1. The van der Waals surface area contributed by atoms with Gasteiger partial charge in [0.2, 0.25) is 11.8 Å². The molecule has 0 radical (unpaired) electrons. The number of rotatable bonds is 6. The summed E-state index contributed by atoms with van der Waals surface area (Å²) in [6, 6.07) is 5.36. The van der Waals surface area contributed by atoms with Gasteiger partial charge in [-0.25, -0.2) is 4.98 Å². The number of nitrogens with one attached hydrogen (secondary N) is 3. The molecule has 1 aromatic carbocycles. The monoisotopic (exact) mass is 326 g/mol. The van der Waals surface area contributed by atoms with Crippen molar-refractivity contribution in [3.8, 4) is 0 Å². The highest BCUT2D eigenvalue weighted by atomic mass is 35.5. The number of thioether (sulfide) groups is 1. The molecule has 2 rings (SSSR count). The van der Waals surface area contributed by atoms with E-state index in [4.69, 9.17) is 11.6 Å². The molecule has 112 valence electrons. The Hall–Kier alpha value is -1.73. The Kier molecular flexibility index (Phi) is 5.46. The molecule has 0 spiro atoms. The van der Waals surface area contributed by atoms with Crippen molar-refractivity contribution in [3.63, 3.8) is 0 Å². The number of carbonyl (C=O) groups is 2. The van der Waals surface area contributed by atoms with Crippen molar-refractivity contribution in [1.82, 2.24) is 20.6 Å². The second-order valence-corrected chi connectivity index (χ2v) is 5.62. The lowest BCUT2D eigenvalue weighted by molar-refractivity contribution is -0.124. The van der Waals surface area contributed by atoms with Crippen LogP contribution in [-0.2, 0) is 9.59 Å². The summed E-state index contributed by atoms with van der Waals surface area (Å²) in [5, 5.41) is 6.42. The van der Waals surface area contributed by atoms with Gasteiger partial charge in [0.1, 0.15) is 0 Å². The molecule has 0 aliphatic rings. The number of fused-ring (bicyclic) bond motifs is 1. The Morgan fingerprint density at radius 2 is 2.14 bits per heavy atom. The van der Waals surface area contributed by atoms with Crippen LogP contribution in [0.5, 0.6) is 0 Å². The molecule has 0 saturated heterocycles. The van der Waals surface area contributed by atoms with Gasteiger partial charge in [0, 0.05) is 11.6 Å². The molecule has 0 atom stereocenters. The summed E-state index contributed by atoms with van der Waals surface area (Å²) in [4.78, 5) is 30.3. The lowest BCUT2D eigenvalue weighted by atomic mass is 10.3. The third-order valence-corrected chi connectivity index (χ3v) is 3.69. The Balaban J connectivity index is 1.84. The highest BCUT2D eigenvalue weighted by Gasteiger charge is 2.08. The summed E-state index contributed by atoms with van der Waals surface area (Å²) in [5.41, 5.74) is 1.62. The smallest absolute Gasteiger partial charge is 0.239 e. The number of benzene rings is 1. The van der Waals surface area contributed by atoms with Gasteiger partial charge in [-0.3, -0.25) is 9.59 Å². The Morgan fingerprint density at radius 1 is 1.33 bits per heavy atom. The van der Waals surface area contributed by atoms with E-state index in [1.54, 1.807) is 12.1 Å². The van der Waals surface area contributed by atoms with E-state index in [-0.39, 0.29) is 24.1 Å². The van der Waals surface area contributed by atoms with E-state index in [9.17, 15) is 9.59 Å². The molecule has 0 aliphatic heterocycles. The number of carbonyl (C=O) groups excluding carboxylic acids is 2. The van der Waals surface area contributed by atoms with Crippen molar-refractivity contribution in [2.45, 2.75) is 12.1 Å². The summed E-state index contributed by atoms with van der Waals surface area (Å²) in [6.07, 6.45) is 0. The van der Waals surface area contributed by atoms with Gasteiger partial charge < -0.3 is 15.6 Å². The fourth-order valence-corrected chi connectivity index (χ4v) is 2.54. The Bertz CT molecular complexity index is 659. The average molecular weight is 327 g/mol. The van der Waals surface area contributed by atoms with E-state index >= 15 is 0 Å². The summed E-state index contributed by atoms with van der Waals surface area (Å²) in [7, 11) is 0. The topological polar surface area (TPSA) is 86.9 Å². The number of H-pyrrole nitrogens is 1. The van der Waals surface area contributed by atoms with Crippen molar-refractivity contribution in [2.24, 2.45) is 0 Å². The lowest BCUT2D eigenvalue weighted by Gasteiger charge is -2.04. The largest absolute Gasteiger partial charge is 0.355 e. The molecule has 0 fully saturated rings. The van der Waals surface area contributed by atoms with Gasteiger partial charge in [0.25, 0.3) is 0 Å². The number of nitrogens with zero attached hydrogens (tertiary/aromatic N) is 1. The first-order valence-corrected chi connectivity index (χ1v) is 7.76. The summed E-state index contributed by atoms with van der Waals surface area (Å²) >= 11 is 7.17. The van der Waals surface area contributed by atoms with Crippen LogP contribution >= 0.6 is 23.4 Å². The zero-order valence-corrected chi connectivity index (χ0v) is 13.0. The molecule has 21 heavy (non-hydrogen) atoms. The standard InChI is InChI=1S/C13H15ClN4O2S/c1-2-15-11(19)6-16-12(20)7-21-13-17-9-4-3-8(14)5-10(9)18-13/h3-5H,2,6-7H2,1H3,(H,15,19)(H,16,20)(H,17,18). The number of aromatic nitrogens is 2. The maximum Gasteiger partial charge on any atom is 0.239 e. The first-order chi connectivity index (χ1) is 10.1. The van der Waals surface area contributed by atoms with Crippen LogP contribution in [0.2, 0.25) is 5.02 Å². The molecule has 2 amide bonds. The molecule has 0 bridgehead atoms. The van der Waals surface area contributed by atoms with E-state index in [0.29, 0.717) is 16.7 Å². The van der Waals surface area contributed by atoms with Crippen molar-refractivity contribution in [2.75, 3.05) is 18.8 Å². The van der Waals surface area contributed by atoms with Crippen molar-refractivity contribution >= 4 is 46.2 Å². The van der Waals surface area contributed by atoms with E-state index in [1.165, 1.54) is 11.8 Å². The van der Waals surface area contributed by atoms with Gasteiger partial charge in [-0.15, -0.1) is 0 Å². The van der Waals surface area contributed by atoms with E-state index in [2.05, 4.69) is 20.6 Å². The minimum Gasteiger partial charge on any atom is -0.355 e. The van der Waals surface area contributed by atoms with Gasteiger partial charge >= 0.3 is 0 Å². The molecule has 0 unspecified atom stereocenters. The van der Waals surface area contributed by atoms with Crippen LogP contribution in [0.1, 0.15) is 6.92 Å². The maximum atomic E-state index is 11.6. The second kappa shape index (κ2) is 7.33. The summed E-state index contributed by atoms with van der Waals surface area (Å²) < 4.78 is 0. The summed E-state index contributed by atoms with van der Waals surface area (Å²) in [6.45, 7) is 2.36. The van der Waals surface area contributed by atoms with Crippen LogP contribution < -0.4 is 10.6 Å². The van der Waals surface area contributed by atoms with Crippen LogP contribution in [-0.4, -0.2) is 40.6 Å². The summed E-state index contributed by atoms with van der Waals surface area (Å²) in [5.74, 6) is -0.230. The third-order valence-electron chi connectivity index (χ3n) is 2.58. The highest BCUT2D eigenvalue weighted by molar-refractivity contribution is 7.99. The molecule has 8 heteroatoms. The quantitative estimate of drug-likeness (QED) is 0.703. The zero-order chi connectivity index (χ0) is 15.2. The Morgan fingerprint density at radius 3 is 2.90 bits per heavy atom. The zero-order valence-electron chi connectivity index (χ0n) is 11.4. The second-order valence-electron chi connectivity index (χ2n) is 4.22. The fourth-order valence-electron chi connectivity index (χ4n) is 1.65. The molecule has 3 N–H and O–H groups in total. The molecule has 0 aliphatic carbocycles. The van der Waals surface area contributed by atoms with Gasteiger partial charge in [-0.2, -0.15) is 0 Å². The van der Waals surface area contributed by atoms with Gasteiger partial charge in [-0.1, -0.05) is 23.4 Å². The number of hydrogen-bond donors (Lipinski definition) is 3. The molecule has 1 heterocycles. The van der Waals surface area contributed by atoms with Crippen LogP contribution in [0.4, 0.5) is 0 Å². The predicted molar refractivity (Wildman–Crippen MR) is 83.5 cm³/mol. The maximum absolute atomic E-state index is 11.6. The van der Waals surface area contributed by atoms with Crippen LogP contribution in [0, 0.1) is 0 Å². The lowest BCUT2D eigenvalue weighted by Crippen LogP contribution is -2.37. The molecular formula is C13H15ClN4O2S. The molecule has 2 aromatic rings. The van der Waals surface area contributed by atoms with Crippen LogP contribution in [0.25, 0.3) is 11.0 Å². The highest BCUT2D eigenvalue weighted by Crippen LogP contribution is 2.21. The number of halogens is 1. The molecular weight excluding hydrogens is 312 g/mol. The van der Waals surface area contributed by atoms with E-state index in [0.717, 1.165) is 11.0 Å². The predicted octanol–water partition coefficient (Wildman–Crippen LogP) is 1.56. The van der Waals surface area contributed by atoms with Crippen molar-refractivity contribution in [3.05, 3.63) is 23.2 Å². The molecule has 0 saturated carbocycles. The van der Waals surface area contributed by atoms with E-state index in [1.807, 2.05) is 13.0 Å². The van der Waals surface area contributed by atoms with Crippen LogP contribution in [0.3, 0.4) is 0 Å². The molecule has 6 nitrogen and oxygen atoms in total. The fraction of sp³-hybridized carbons (Fsp3) is 0.308. The number of likely N-dealkylation sites (N-methyl/N-ethyl adjacent to an activating group) is 1. The average Bonchev–Trinajstić information content (AvgIpc) is 2.85. The van der Waals surface area contributed by atoms with Gasteiger partial charge in [0.15, 0.2) is 5.16 Å². The number of hydrogen-bond acceptors (Lipinski definition) is 4. The Labute approximate surface area is 131 Å². The third kappa shape index (κ3) is 4.64. The normalized spacial score (nSPS) is 10.6.